The fourth-order valence-corrected chi connectivity index (χ4v) is 0. The molecule has 0 heterocycles. The second-order valence-corrected chi connectivity index (χ2v) is 3.32. The van der Waals surface area contributed by atoms with E-state index in [2.05, 4.69) is 12.6 Å². The molecule has 0 rings (SSSR count). The fourth-order valence-electron chi connectivity index (χ4n) is 0. The summed E-state index contributed by atoms with van der Waals surface area (Å²) in [6.07, 6.45) is -1.23. The highest BCUT2D eigenvalue weighted by molar-refractivity contribution is 7.81. The Morgan fingerprint density at radius 1 is 1.25 bits per heavy atom. The number of aliphatic hydroxyl groups is 2. The number of aliphatic hydroxyl groups excluding tert-OH is 2. The van der Waals surface area contributed by atoms with Gasteiger partial charge >= 0.3 is 11.9 Å². The molecule has 0 aromatic carbocycles. The Balaban J connectivity index is -0.000000162. The van der Waals surface area contributed by atoms with Crippen LogP contribution in [0.2, 0.25) is 0 Å². The summed E-state index contributed by atoms with van der Waals surface area (Å²) in [7, 11) is 0. The molecular formula is C8H19NO6S. The van der Waals surface area contributed by atoms with Crippen molar-refractivity contribution in [3.63, 3.8) is 0 Å². The zero-order valence-corrected chi connectivity index (χ0v) is 10.1. The minimum atomic E-state index is -1.23. The summed E-state index contributed by atoms with van der Waals surface area (Å²) in [5, 5.41) is 30.9. The molecule has 0 saturated heterocycles. The van der Waals surface area contributed by atoms with Crippen LogP contribution in [0, 0.1) is 0 Å². The third kappa shape index (κ3) is 29.2. The van der Waals surface area contributed by atoms with Crippen molar-refractivity contribution in [2.45, 2.75) is 25.2 Å². The van der Waals surface area contributed by atoms with Crippen molar-refractivity contribution in [3.8, 4) is 0 Å². The zero-order valence-electron chi connectivity index (χ0n) is 9.20. The van der Waals surface area contributed by atoms with Gasteiger partial charge in [-0.3, -0.25) is 4.79 Å². The van der Waals surface area contributed by atoms with E-state index in [4.69, 9.17) is 26.2 Å². The monoisotopic (exact) mass is 257 g/mol. The molecule has 2 atom stereocenters. The van der Waals surface area contributed by atoms with Crippen LogP contribution < -0.4 is 5.73 Å². The Kier molecular flexibility index (Phi) is 18.2. The first kappa shape index (κ1) is 20.6. The molecule has 8 heteroatoms. The van der Waals surface area contributed by atoms with E-state index in [9.17, 15) is 9.59 Å². The molecule has 7 nitrogen and oxygen atoms in total. The second kappa shape index (κ2) is 14.2. The van der Waals surface area contributed by atoms with Gasteiger partial charge in [-0.1, -0.05) is 0 Å². The van der Waals surface area contributed by atoms with E-state index in [1.54, 1.807) is 0 Å². The Morgan fingerprint density at radius 2 is 1.44 bits per heavy atom. The van der Waals surface area contributed by atoms with Crippen molar-refractivity contribution in [1.82, 2.24) is 0 Å². The Bertz CT molecular complexity index is 165. The van der Waals surface area contributed by atoms with Gasteiger partial charge in [0.2, 0.25) is 0 Å². The van der Waals surface area contributed by atoms with Crippen LogP contribution in [0.15, 0.2) is 0 Å². The maximum Gasteiger partial charge on any atom is 0.332 e. The molecule has 0 aliphatic heterocycles. The lowest BCUT2D eigenvalue weighted by Crippen LogP contribution is -2.13. The van der Waals surface area contributed by atoms with Gasteiger partial charge in [0, 0.05) is 6.54 Å². The SMILES string of the molecule is CC(O)C(=O)O.CC(S)C(=O)O.NCCO. The number of hydrogen-bond donors (Lipinski definition) is 6. The van der Waals surface area contributed by atoms with Crippen LogP contribution >= 0.6 is 12.6 Å². The summed E-state index contributed by atoms with van der Waals surface area (Å²) >= 11 is 3.59. The molecular weight excluding hydrogens is 238 g/mol. The highest BCUT2D eigenvalue weighted by Gasteiger charge is 2.01. The van der Waals surface area contributed by atoms with Crippen molar-refractivity contribution >= 4 is 24.6 Å². The quantitative estimate of drug-likeness (QED) is 0.348. The van der Waals surface area contributed by atoms with Crippen LogP contribution in [0.25, 0.3) is 0 Å². The Labute approximate surface area is 99.3 Å². The number of carbonyl (C=O) groups is 2. The maximum atomic E-state index is 9.62. The first-order valence-corrected chi connectivity index (χ1v) is 4.84. The van der Waals surface area contributed by atoms with E-state index in [1.807, 2.05) is 0 Å². The summed E-state index contributed by atoms with van der Waals surface area (Å²) in [6.45, 7) is 3.17. The van der Waals surface area contributed by atoms with Crippen molar-refractivity contribution in [2.24, 2.45) is 5.73 Å². The zero-order chi connectivity index (χ0) is 13.7. The number of thiol groups is 1. The third-order valence-electron chi connectivity index (χ3n) is 0.844. The van der Waals surface area contributed by atoms with Crippen LogP contribution in [0.5, 0.6) is 0 Å². The molecule has 6 N–H and O–H groups in total. The average Bonchev–Trinajstić information content (AvgIpc) is 2.18. The molecule has 0 aromatic rings. The highest BCUT2D eigenvalue weighted by atomic mass is 32.1. The lowest BCUT2D eigenvalue weighted by Gasteiger charge is -1.89. The number of nitrogens with two attached hydrogens (primary N) is 1. The number of hydrogen-bond acceptors (Lipinski definition) is 6. The molecule has 0 bridgehead atoms. The summed E-state index contributed by atoms with van der Waals surface area (Å²) < 4.78 is 0. The lowest BCUT2D eigenvalue weighted by molar-refractivity contribution is -0.145. The molecule has 0 fully saturated rings. The predicted octanol–water partition coefficient (Wildman–Crippen LogP) is -1.22. The molecule has 0 radical (unpaired) electrons. The first-order chi connectivity index (χ1) is 7.20. The van der Waals surface area contributed by atoms with Crippen molar-refractivity contribution in [1.29, 1.82) is 0 Å². The minimum Gasteiger partial charge on any atom is -0.480 e. The largest absolute Gasteiger partial charge is 0.480 e. The lowest BCUT2D eigenvalue weighted by atomic mass is 10.4. The summed E-state index contributed by atoms with van der Waals surface area (Å²) in [4.78, 5) is 19.1. The normalized spacial score (nSPS) is 12.1. The van der Waals surface area contributed by atoms with Crippen molar-refractivity contribution < 1.29 is 30.0 Å². The first-order valence-electron chi connectivity index (χ1n) is 4.33. The molecule has 0 aliphatic rings. The maximum absolute atomic E-state index is 9.62. The van der Waals surface area contributed by atoms with Gasteiger partial charge in [-0.2, -0.15) is 12.6 Å². The summed E-state index contributed by atoms with van der Waals surface area (Å²) in [5.74, 6) is -2.06. The van der Waals surface area contributed by atoms with Crippen LogP contribution in [0.3, 0.4) is 0 Å². The minimum absolute atomic E-state index is 0.0972. The van der Waals surface area contributed by atoms with Crippen molar-refractivity contribution in [3.05, 3.63) is 0 Å². The molecule has 2 unspecified atom stereocenters. The predicted molar refractivity (Wildman–Crippen MR) is 61.5 cm³/mol. The van der Waals surface area contributed by atoms with E-state index in [1.165, 1.54) is 13.8 Å². The summed E-state index contributed by atoms with van der Waals surface area (Å²) in [6, 6.07) is 0. The number of carboxylic acids is 2. The van der Waals surface area contributed by atoms with Gasteiger partial charge in [-0.25, -0.2) is 4.79 Å². The van der Waals surface area contributed by atoms with E-state index < -0.39 is 23.3 Å². The standard InChI is InChI=1S/C3H6O3.C3H6O2S.C2H7NO/c1-2(4)3(5)6;1-2(6)3(4)5;3-1-2-4/h2,4H,1H3,(H,5,6);2,6H,1H3,(H,4,5);4H,1-3H2. The number of aliphatic carboxylic acids is 2. The molecule has 16 heavy (non-hydrogen) atoms. The fraction of sp³-hybridized carbons (Fsp3) is 0.750. The smallest absolute Gasteiger partial charge is 0.332 e. The highest BCUT2D eigenvalue weighted by Crippen LogP contribution is 1.88. The van der Waals surface area contributed by atoms with E-state index in [0.29, 0.717) is 6.54 Å². The molecule has 0 amide bonds. The third-order valence-corrected chi connectivity index (χ3v) is 1.06. The number of carboxylic acid groups (broad SMARTS) is 2. The van der Waals surface area contributed by atoms with Gasteiger partial charge in [0.25, 0.3) is 0 Å². The molecule has 0 saturated carbocycles. The van der Waals surface area contributed by atoms with E-state index >= 15 is 0 Å². The molecule has 0 aliphatic carbocycles. The van der Waals surface area contributed by atoms with Crippen LogP contribution in [0.1, 0.15) is 13.8 Å². The number of rotatable bonds is 3. The van der Waals surface area contributed by atoms with Gasteiger partial charge < -0.3 is 26.2 Å². The Morgan fingerprint density at radius 3 is 1.44 bits per heavy atom. The summed E-state index contributed by atoms with van der Waals surface area (Å²) in [5.41, 5.74) is 4.78. The molecule has 0 spiro atoms. The molecule has 98 valence electrons. The molecule has 0 aromatic heterocycles. The van der Waals surface area contributed by atoms with Gasteiger partial charge in [0.05, 0.1) is 11.9 Å². The van der Waals surface area contributed by atoms with Crippen LogP contribution in [-0.2, 0) is 9.59 Å². The second-order valence-electron chi connectivity index (χ2n) is 2.54. The van der Waals surface area contributed by atoms with E-state index in [0.717, 1.165) is 0 Å². The van der Waals surface area contributed by atoms with Gasteiger partial charge in [0.1, 0.15) is 6.10 Å². The Hall–Kier alpha value is -0.830. The van der Waals surface area contributed by atoms with Crippen LogP contribution in [-0.4, -0.2) is 56.9 Å². The van der Waals surface area contributed by atoms with Gasteiger partial charge in [-0.05, 0) is 13.8 Å². The van der Waals surface area contributed by atoms with Gasteiger partial charge in [-0.15, -0.1) is 0 Å². The van der Waals surface area contributed by atoms with Gasteiger partial charge in [0.15, 0.2) is 0 Å². The van der Waals surface area contributed by atoms with Crippen molar-refractivity contribution in [2.75, 3.05) is 13.2 Å². The van der Waals surface area contributed by atoms with Crippen LogP contribution in [0.4, 0.5) is 0 Å². The average molecular weight is 257 g/mol. The topological polar surface area (TPSA) is 141 Å². The van der Waals surface area contributed by atoms with E-state index in [-0.39, 0.29) is 6.61 Å².